The van der Waals surface area contributed by atoms with E-state index in [0.717, 1.165) is 36.7 Å². The van der Waals surface area contributed by atoms with E-state index < -0.39 is 0 Å². The summed E-state index contributed by atoms with van der Waals surface area (Å²) in [5, 5.41) is 8.37. The third-order valence-electron chi connectivity index (χ3n) is 4.53. The highest BCUT2D eigenvalue weighted by molar-refractivity contribution is 5.55. The molecule has 0 aliphatic carbocycles. The average molecular weight is 319 g/mol. The first-order valence-electron chi connectivity index (χ1n) is 8.04. The van der Waals surface area contributed by atoms with Crippen molar-refractivity contribution >= 4 is 0 Å². The van der Waals surface area contributed by atoms with Crippen molar-refractivity contribution in [2.75, 3.05) is 26.4 Å². The summed E-state index contributed by atoms with van der Waals surface area (Å²) in [4.78, 5) is 2.36. The Morgan fingerprint density at radius 3 is 2.96 bits per heavy atom. The number of hydrogen-bond donors (Lipinski definition) is 0. The van der Waals surface area contributed by atoms with Crippen LogP contribution >= 0.6 is 0 Å². The highest BCUT2D eigenvalue weighted by Gasteiger charge is 2.35. The van der Waals surface area contributed by atoms with Gasteiger partial charge in [-0.25, -0.2) is 0 Å². The van der Waals surface area contributed by atoms with E-state index in [1.54, 1.807) is 0 Å². The van der Waals surface area contributed by atoms with Crippen LogP contribution in [0.5, 0.6) is 0 Å². The van der Waals surface area contributed by atoms with Crippen molar-refractivity contribution in [1.82, 2.24) is 15.1 Å². The van der Waals surface area contributed by atoms with Crippen LogP contribution in [0, 0.1) is 13.8 Å². The second-order valence-electron chi connectivity index (χ2n) is 6.14. The average Bonchev–Trinajstić information content (AvgIpc) is 3.14. The van der Waals surface area contributed by atoms with E-state index >= 15 is 0 Å². The van der Waals surface area contributed by atoms with Crippen LogP contribution in [0.15, 0.2) is 14.9 Å². The van der Waals surface area contributed by atoms with Gasteiger partial charge in [0.05, 0.1) is 31.4 Å². The first kappa shape index (κ1) is 14.9. The van der Waals surface area contributed by atoms with Crippen molar-refractivity contribution in [2.45, 2.75) is 39.0 Å². The van der Waals surface area contributed by atoms with Crippen LogP contribution in [0.3, 0.4) is 0 Å². The minimum absolute atomic E-state index is 0.152. The molecule has 0 N–H and O–H groups in total. The fraction of sp³-hybridized carbons (Fsp3) is 0.625. The molecule has 4 heterocycles. The zero-order chi connectivity index (χ0) is 15.8. The molecule has 0 unspecified atom stereocenters. The van der Waals surface area contributed by atoms with Gasteiger partial charge >= 0.3 is 0 Å². The van der Waals surface area contributed by atoms with Crippen LogP contribution in [0.25, 0.3) is 11.5 Å². The lowest BCUT2D eigenvalue weighted by Gasteiger charge is -2.42. The van der Waals surface area contributed by atoms with E-state index in [2.05, 4.69) is 15.1 Å². The number of nitrogens with zero attached hydrogens (tertiary/aromatic N) is 3. The zero-order valence-electron chi connectivity index (χ0n) is 13.4. The predicted octanol–water partition coefficient (Wildman–Crippen LogP) is 1.94. The van der Waals surface area contributed by atoms with Crippen LogP contribution in [0.2, 0.25) is 0 Å². The van der Waals surface area contributed by atoms with Gasteiger partial charge in [0.2, 0.25) is 5.89 Å². The van der Waals surface area contributed by atoms with Crippen molar-refractivity contribution in [3.63, 3.8) is 0 Å². The van der Waals surface area contributed by atoms with E-state index in [-0.39, 0.29) is 6.10 Å². The maximum Gasteiger partial charge on any atom is 0.251 e. The van der Waals surface area contributed by atoms with Crippen molar-refractivity contribution in [3.05, 3.63) is 23.5 Å². The van der Waals surface area contributed by atoms with Crippen molar-refractivity contribution in [2.24, 2.45) is 0 Å². The number of rotatable bonds is 3. The lowest BCUT2D eigenvalue weighted by atomic mass is 10.0. The molecule has 23 heavy (non-hydrogen) atoms. The monoisotopic (exact) mass is 319 g/mol. The highest BCUT2D eigenvalue weighted by Crippen LogP contribution is 2.27. The molecule has 2 aliphatic rings. The molecule has 4 rings (SSSR count). The largest absolute Gasteiger partial charge is 0.466 e. The van der Waals surface area contributed by atoms with E-state index in [1.807, 2.05) is 19.9 Å². The molecule has 2 atom stereocenters. The number of morpholine rings is 1. The first-order valence-corrected chi connectivity index (χ1v) is 8.04. The summed E-state index contributed by atoms with van der Waals surface area (Å²) >= 11 is 0. The Bertz CT molecular complexity index is 679. The van der Waals surface area contributed by atoms with Gasteiger partial charge in [-0.3, -0.25) is 4.90 Å². The molecule has 2 aromatic heterocycles. The Morgan fingerprint density at radius 1 is 1.22 bits per heavy atom. The summed E-state index contributed by atoms with van der Waals surface area (Å²) in [5.41, 5.74) is 0.868. The Hall–Kier alpha value is -1.70. The fourth-order valence-electron chi connectivity index (χ4n) is 3.40. The topological polar surface area (TPSA) is 73.8 Å². The lowest BCUT2D eigenvalue weighted by molar-refractivity contribution is -0.138. The Morgan fingerprint density at radius 2 is 2.13 bits per heavy atom. The smallest absolute Gasteiger partial charge is 0.251 e. The van der Waals surface area contributed by atoms with Crippen molar-refractivity contribution in [3.8, 4) is 11.5 Å². The van der Waals surface area contributed by atoms with Gasteiger partial charge in [-0.2, -0.15) is 0 Å². The summed E-state index contributed by atoms with van der Waals surface area (Å²) in [7, 11) is 0. The zero-order valence-corrected chi connectivity index (χ0v) is 13.4. The maximum absolute atomic E-state index is 5.85. The SMILES string of the molecule is Cc1cc(-c2nnc(CN3CCO[C@@H]4COCC[C@@H]43)o2)c(C)o1. The molecular weight excluding hydrogens is 298 g/mol. The minimum Gasteiger partial charge on any atom is -0.466 e. The van der Waals surface area contributed by atoms with E-state index in [4.69, 9.17) is 18.3 Å². The molecule has 2 aromatic rings. The van der Waals surface area contributed by atoms with Crippen molar-refractivity contribution < 1.29 is 18.3 Å². The number of aromatic nitrogens is 2. The molecule has 0 amide bonds. The number of hydrogen-bond acceptors (Lipinski definition) is 7. The molecule has 124 valence electrons. The van der Waals surface area contributed by atoms with E-state index in [1.165, 1.54) is 0 Å². The van der Waals surface area contributed by atoms with E-state index in [0.29, 0.717) is 37.6 Å². The van der Waals surface area contributed by atoms with E-state index in [9.17, 15) is 0 Å². The molecule has 0 spiro atoms. The minimum atomic E-state index is 0.152. The number of furan rings is 1. The van der Waals surface area contributed by atoms with Gasteiger partial charge in [0.15, 0.2) is 0 Å². The molecule has 0 aromatic carbocycles. The Labute approximate surface area is 134 Å². The van der Waals surface area contributed by atoms with Crippen LogP contribution in [-0.2, 0) is 16.0 Å². The van der Waals surface area contributed by atoms with Crippen LogP contribution in [0.4, 0.5) is 0 Å². The molecule has 0 bridgehead atoms. The Balaban J connectivity index is 1.50. The van der Waals surface area contributed by atoms with Crippen LogP contribution in [0.1, 0.15) is 23.8 Å². The molecule has 2 saturated heterocycles. The standard InChI is InChI=1S/C16H21N3O4/c1-10-7-12(11(2)22-10)16-18-17-15(23-16)8-19-4-6-21-14-9-20-5-3-13(14)19/h7,13-14H,3-6,8-9H2,1-2H3/t13-,14+/m0/s1. The van der Waals surface area contributed by atoms with Gasteiger partial charge in [-0.1, -0.05) is 0 Å². The normalized spacial score (nSPS) is 25.5. The van der Waals surface area contributed by atoms with Gasteiger partial charge in [-0.05, 0) is 26.3 Å². The quantitative estimate of drug-likeness (QED) is 0.856. The number of ether oxygens (including phenoxy) is 2. The lowest BCUT2D eigenvalue weighted by Crippen LogP contribution is -2.55. The summed E-state index contributed by atoms with van der Waals surface area (Å²) < 4.78 is 22.7. The van der Waals surface area contributed by atoms with Gasteiger partial charge in [0.1, 0.15) is 11.5 Å². The molecule has 0 saturated carbocycles. The van der Waals surface area contributed by atoms with Crippen LogP contribution < -0.4 is 0 Å². The van der Waals surface area contributed by atoms with Crippen molar-refractivity contribution in [1.29, 1.82) is 0 Å². The molecule has 2 aliphatic heterocycles. The Kier molecular flexibility index (Phi) is 3.92. The van der Waals surface area contributed by atoms with Gasteiger partial charge in [-0.15, -0.1) is 10.2 Å². The summed E-state index contributed by atoms with van der Waals surface area (Å²) in [6, 6.07) is 2.29. The number of aryl methyl sites for hydroxylation is 2. The third kappa shape index (κ3) is 2.91. The predicted molar refractivity (Wildman–Crippen MR) is 80.8 cm³/mol. The molecule has 0 radical (unpaired) electrons. The summed E-state index contributed by atoms with van der Waals surface area (Å²) in [5.74, 6) is 2.79. The van der Waals surface area contributed by atoms with Crippen LogP contribution in [-0.4, -0.2) is 53.6 Å². The fourth-order valence-corrected chi connectivity index (χ4v) is 3.40. The van der Waals surface area contributed by atoms with Gasteiger partial charge < -0.3 is 18.3 Å². The molecular formula is C16H21N3O4. The van der Waals surface area contributed by atoms with Gasteiger partial charge in [0.25, 0.3) is 5.89 Å². The summed E-state index contributed by atoms with van der Waals surface area (Å²) in [6.07, 6.45) is 1.13. The highest BCUT2D eigenvalue weighted by atomic mass is 16.5. The molecule has 7 heteroatoms. The second-order valence-corrected chi connectivity index (χ2v) is 6.14. The molecule has 2 fully saturated rings. The third-order valence-corrected chi connectivity index (χ3v) is 4.53. The number of fused-ring (bicyclic) bond motifs is 1. The first-order chi connectivity index (χ1) is 11.2. The second kappa shape index (κ2) is 6.07. The maximum atomic E-state index is 5.85. The molecule has 7 nitrogen and oxygen atoms in total. The summed E-state index contributed by atoms with van der Waals surface area (Å²) in [6.45, 7) is 7.50. The van der Waals surface area contributed by atoms with Gasteiger partial charge in [0, 0.05) is 19.2 Å².